The average molecular weight is 314 g/mol. The molecule has 0 saturated carbocycles. The van der Waals surface area contributed by atoms with Crippen molar-refractivity contribution in [1.29, 1.82) is 0 Å². The van der Waals surface area contributed by atoms with E-state index in [2.05, 4.69) is 19.4 Å². The first-order valence-corrected chi connectivity index (χ1v) is 6.48. The minimum atomic E-state index is -0.853. The smallest absolute Gasteiger partial charge is 0.356 e. The number of ether oxygens (including phenoxy) is 2. The van der Waals surface area contributed by atoms with Gasteiger partial charge in [0, 0.05) is 5.56 Å². The molecule has 0 amide bonds. The zero-order valence-electron chi connectivity index (χ0n) is 12.1. The number of pyridine rings is 1. The van der Waals surface area contributed by atoms with Crippen molar-refractivity contribution in [1.82, 2.24) is 9.97 Å². The summed E-state index contributed by atoms with van der Waals surface area (Å²) in [5.74, 6) is -3.05. The molecule has 1 N–H and O–H groups in total. The number of methoxy groups -OCH3 is 2. The summed E-state index contributed by atoms with van der Waals surface area (Å²) in [7, 11) is 2.38. The molecule has 3 rings (SSSR count). The molecule has 8 heteroatoms. The van der Waals surface area contributed by atoms with E-state index in [4.69, 9.17) is 0 Å². The number of rotatable bonds is 2. The van der Waals surface area contributed by atoms with Crippen LogP contribution in [0, 0.1) is 0 Å². The zero-order valence-corrected chi connectivity index (χ0v) is 12.1. The molecule has 0 aromatic carbocycles. The number of aromatic nitrogens is 2. The molecule has 0 aliphatic heterocycles. The summed E-state index contributed by atoms with van der Waals surface area (Å²) < 4.78 is 9.13. The van der Waals surface area contributed by atoms with Crippen molar-refractivity contribution in [2.75, 3.05) is 14.2 Å². The third-order valence-electron chi connectivity index (χ3n) is 3.45. The normalized spacial score (nSPS) is 12.4. The number of aromatic amines is 1. The van der Waals surface area contributed by atoms with Crippen molar-refractivity contribution in [3.63, 3.8) is 0 Å². The van der Waals surface area contributed by atoms with E-state index in [9.17, 15) is 19.2 Å². The van der Waals surface area contributed by atoms with Gasteiger partial charge in [0.15, 0.2) is 0 Å². The van der Waals surface area contributed by atoms with Crippen LogP contribution in [0.1, 0.15) is 41.8 Å². The SMILES string of the molecule is COC(=O)c1ccc2c(n1)C(=O)C(=O)c1cc(C(=O)OC)[nH]c1-2. The molecule has 116 valence electrons. The first kappa shape index (κ1) is 14.6. The molecule has 0 radical (unpaired) electrons. The summed E-state index contributed by atoms with van der Waals surface area (Å²) in [6.07, 6.45) is 0. The van der Waals surface area contributed by atoms with Gasteiger partial charge in [0.05, 0.1) is 25.5 Å². The Bertz CT molecular complexity index is 880. The second kappa shape index (κ2) is 5.16. The molecule has 0 saturated heterocycles. The summed E-state index contributed by atoms with van der Waals surface area (Å²) in [5, 5.41) is 0. The Morgan fingerprint density at radius 2 is 1.70 bits per heavy atom. The lowest BCUT2D eigenvalue weighted by Gasteiger charge is -2.13. The van der Waals surface area contributed by atoms with Crippen molar-refractivity contribution >= 4 is 23.5 Å². The van der Waals surface area contributed by atoms with E-state index in [0.717, 1.165) is 0 Å². The van der Waals surface area contributed by atoms with Crippen LogP contribution in [-0.2, 0) is 9.47 Å². The minimum Gasteiger partial charge on any atom is -0.464 e. The highest BCUT2D eigenvalue weighted by Gasteiger charge is 2.35. The number of esters is 2. The molecule has 0 spiro atoms. The molecule has 2 aromatic rings. The number of ketones is 2. The molecular formula is C15H10N2O6. The topological polar surface area (TPSA) is 115 Å². The Morgan fingerprint density at radius 1 is 1.00 bits per heavy atom. The van der Waals surface area contributed by atoms with Gasteiger partial charge in [0.25, 0.3) is 5.78 Å². The fraction of sp³-hybridized carbons (Fsp3) is 0.133. The molecule has 8 nitrogen and oxygen atoms in total. The number of carbonyl (C=O) groups excluding carboxylic acids is 4. The molecule has 23 heavy (non-hydrogen) atoms. The second-order valence-corrected chi connectivity index (χ2v) is 4.71. The van der Waals surface area contributed by atoms with Crippen LogP contribution in [0.4, 0.5) is 0 Å². The monoisotopic (exact) mass is 314 g/mol. The lowest BCUT2D eigenvalue weighted by atomic mass is 9.92. The Kier molecular flexibility index (Phi) is 3.29. The summed E-state index contributed by atoms with van der Waals surface area (Å²) in [6.45, 7) is 0. The number of carbonyl (C=O) groups is 4. The van der Waals surface area contributed by atoms with Gasteiger partial charge < -0.3 is 14.5 Å². The highest BCUT2D eigenvalue weighted by molar-refractivity contribution is 6.52. The largest absolute Gasteiger partial charge is 0.464 e. The predicted octanol–water partition coefficient (Wildman–Crippen LogP) is 1.03. The molecule has 1 aliphatic carbocycles. The van der Waals surface area contributed by atoms with Gasteiger partial charge in [-0.25, -0.2) is 14.6 Å². The zero-order chi connectivity index (χ0) is 16.7. The van der Waals surface area contributed by atoms with Crippen molar-refractivity contribution in [3.05, 3.63) is 40.8 Å². The Morgan fingerprint density at radius 3 is 2.35 bits per heavy atom. The Balaban J connectivity index is 2.20. The van der Waals surface area contributed by atoms with Crippen LogP contribution in [-0.4, -0.2) is 47.7 Å². The first-order valence-electron chi connectivity index (χ1n) is 6.48. The molecule has 2 heterocycles. The second-order valence-electron chi connectivity index (χ2n) is 4.71. The van der Waals surface area contributed by atoms with Crippen molar-refractivity contribution in [3.8, 4) is 11.3 Å². The number of nitrogens with one attached hydrogen (secondary N) is 1. The van der Waals surface area contributed by atoms with Crippen LogP contribution in [0.3, 0.4) is 0 Å². The van der Waals surface area contributed by atoms with Gasteiger partial charge >= 0.3 is 11.9 Å². The maximum atomic E-state index is 12.2. The lowest BCUT2D eigenvalue weighted by molar-refractivity contribution is 0.0585. The lowest BCUT2D eigenvalue weighted by Crippen LogP contribution is -2.23. The summed E-state index contributed by atoms with van der Waals surface area (Å²) in [5.41, 5.74) is 0.472. The predicted molar refractivity (Wildman–Crippen MR) is 75.4 cm³/mol. The van der Waals surface area contributed by atoms with Crippen LogP contribution < -0.4 is 0 Å². The highest BCUT2D eigenvalue weighted by Crippen LogP contribution is 2.32. The number of H-pyrrole nitrogens is 1. The Hall–Kier alpha value is -3.29. The number of nitrogens with zero attached hydrogens (tertiary/aromatic N) is 1. The van der Waals surface area contributed by atoms with Crippen molar-refractivity contribution in [2.24, 2.45) is 0 Å². The maximum Gasteiger partial charge on any atom is 0.356 e. The summed E-state index contributed by atoms with van der Waals surface area (Å²) in [6, 6.07) is 4.10. The number of hydrogen-bond acceptors (Lipinski definition) is 7. The fourth-order valence-corrected chi connectivity index (χ4v) is 2.35. The molecule has 2 aromatic heterocycles. The average Bonchev–Trinajstić information content (AvgIpc) is 3.03. The van der Waals surface area contributed by atoms with E-state index in [-0.39, 0.29) is 28.3 Å². The number of Topliss-reactive ketones (excluding diaryl/α,β-unsaturated/α-hetero) is 2. The van der Waals surface area contributed by atoms with E-state index in [1.54, 1.807) is 0 Å². The van der Waals surface area contributed by atoms with Gasteiger partial charge in [-0.2, -0.15) is 0 Å². The van der Waals surface area contributed by atoms with Crippen molar-refractivity contribution in [2.45, 2.75) is 0 Å². The molecular weight excluding hydrogens is 304 g/mol. The van der Waals surface area contributed by atoms with E-state index in [1.165, 1.54) is 32.4 Å². The van der Waals surface area contributed by atoms with E-state index in [1.807, 2.05) is 0 Å². The van der Waals surface area contributed by atoms with Gasteiger partial charge in [-0.05, 0) is 18.2 Å². The van der Waals surface area contributed by atoms with E-state index < -0.39 is 23.5 Å². The van der Waals surface area contributed by atoms with Crippen LogP contribution in [0.25, 0.3) is 11.3 Å². The molecule has 0 unspecified atom stereocenters. The Labute approximate surface area is 129 Å². The van der Waals surface area contributed by atoms with Crippen LogP contribution >= 0.6 is 0 Å². The molecule has 0 bridgehead atoms. The van der Waals surface area contributed by atoms with Gasteiger partial charge in [-0.3, -0.25) is 9.59 Å². The van der Waals surface area contributed by atoms with Crippen LogP contribution in [0.2, 0.25) is 0 Å². The van der Waals surface area contributed by atoms with Gasteiger partial charge in [-0.1, -0.05) is 0 Å². The summed E-state index contributed by atoms with van der Waals surface area (Å²) in [4.78, 5) is 54.1. The first-order chi connectivity index (χ1) is 11.0. The standard InChI is InChI=1S/C15H10N2O6/c1-22-14(20)8-4-3-6-10-7(5-9(17-10)15(21)23-2)12(18)13(19)11(6)16-8/h3-5,17H,1-2H3. The number of fused-ring (bicyclic) bond motifs is 3. The van der Waals surface area contributed by atoms with Crippen LogP contribution in [0.5, 0.6) is 0 Å². The van der Waals surface area contributed by atoms with E-state index >= 15 is 0 Å². The summed E-state index contributed by atoms with van der Waals surface area (Å²) >= 11 is 0. The highest BCUT2D eigenvalue weighted by atomic mass is 16.5. The van der Waals surface area contributed by atoms with Crippen molar-refractivity contribution < 1.29 is 28.7 Å². The molecule has 0 atom stereocenters. The third kappa shape index (κ3) is 2.11. The minimum absolute atomic E-state index is 0.0449. The van der Waals surface area contributed by atoms with Gasteiger partial charge in [-0.15, -0.1) is 0 Å². The quantitative estimate of drug-likeness (QED) is 0.650. The van der Waals surface area contributed by atoms with Crippen LogP contribution in [0.15, 0.2) is 18.2 Å². The maximum absolute atomic E-state index is 12.2. The molecule has 0 fully saturated rings. The molecule has 1 aliphatic rings. The third-order valence-corrected chi connectivity index (χ3v) is 3.45. The van der Waals surface area contributed by atoms with Gasteiger partial charge in [0.2, 0.25) is 5.78 Å². The van der Waals surface area contributed by atoms with Gasteiger partial charge in [0.1, 0.15) is 17.1 Å². The number of hydrogen-bond donors (Lipinski definition) is 1. The van der Waals surface area contributed by atoms with E-state index in [0.29, 0.717) is 5.56 Å². The fourth-order valence-electron chi connectivity index (χ4n) is 2.35.